The van der Waals surface area contributed by atoms with E-state index in [0.717, 1.165) is 18.2 Å². The summed E-state index contributed by atoms with van der Waals surface area (Å²) in [6.45, 7) is 3.85. The average Bonchev–Trinajstić information content (AvgIpc) is 3.00. The number of phenolic OH excluding ortho intramolecular Hbond substituents is 1. The van der Waals surface area contributed by atoms with Crippen LogP contribution in [0.5, 0.6) is 5.75 Å². The highest BCUT2D eigenvalue weighted by atomic mass is 35.5. The van der Waals surface area contributed by atoms with Crippen molar-refractivity contribution in [2.45, 2.75) is 33.0 Å². The first-order valence-corrected chi connectivity index (χ1v) is 14.4. The molecule has 1 atom stereocenters. The van der Waals surface area contributed by atoms with Crippen LogP contribution >= 0.6 is 23.2 Å². The average molecular weight is 659 g/mol. The number of nitrogens with one attached hydrogen (secondary N) is 1. The maximum absolute atomic E-state index is 13.5. The molecule has 4 rings (SSSR count). The molecule has 0 spiro atoms. The molecule has 2 N–H and O–H groups in total. The van der Waals surface area contributed by atoms with Gasteiger partial charge in [-0.3, -0.25) is 14.4 Å². The highest BCUT2D eigenvalue weighted by Gasteiger charge is 2.32. The second-order valence-corrected chi connectivity index (χ2v) is 11.3. The lowest BCUT2D eigenvalue weighted by Gasteiger charge is -2.25. The van der Waals surface area contributed by atoms with Gasteiger partial charge >= 0.3 is 6.18 Å². The summed E-state index contributed by atoms with van der Waals surface area (Å²) >= 11 is 12.6. The van der Waals surface area contributed by atoms with Crippen LogP contribution in [0, 0.1) is 17.2 Å². The van der Waals surface area contributed by atoms with Gasteiger partial charge in [0.25, 0.3) is 11.5 Å². The molecule has 1 aromatic heterocycles. The van der Waals surface area contributed by atoms with Crippen LogP contribution in [0.4, 0.5) is 13.2 Å². The molecule has 1 unspecified atom stereocenters. The molecular weight excluding hydrogens is 632 g/mol. The summed E-state index contributed by atoms with van der Waals surface area (Å²) in [6.07, 6.45) is 0.689. The number of nitrogens with zero attached hydrogens (tertiary/aromatic N) is 3. The minimum Gasteiger partial charge on any atom is -0.507 e. The largest absolute Gasteiger partial charge is 0.507 e. The molecule has 0 saturated carbocycles. The van der Waals surface area contributed by atoms with Gasteiger partial charge in [0.05, 0.1) is 11.3 Å². The Balaban J connectivity index is 1.68. The Bertz CT molecular complexity index is 1840. The molecule has 0 fully saturated rings. The molecule has 0 radical (unpaired) electrons. The molecular formula is C32H27Cl2F3N4O4. The third kappa shape index (κ3) is 7.08. The van der Waals surface area contributed by atoms with Crippen molar-refractivity contribution in [3.05, 3.63) is 97.4 Å². The number of hydrogen-bond donors (Lipinski definition) is 2. The summed E-state index contributed by atoms with van der Waals surface area (Å²) in [7, 11) is 1.51. The van der Waals surface area contributed by atoms with Gasteiger partial charge in [0.15, 0.2) is 0 Å². The smallest absolute Gasteiger partial charge is 0.416 e. The molecule has 8 nitrogen and oxygen atoms in total. The maximum Gasteiger partial charge on any atom is 0.416 e. The van der Waals surface area contributed by atoms with Gasteiger partial charge in [-0.15, -0.1) is 0 Å². The molecule has 1 aliphatic rings. The highest BCUT2D eigenvalue weighted by molar-refractivity contribution is 6.33. The van der Waals surface area contributed by atoms with Crippen LogP contribution in [0.2, 0.25) is 10.0 Å². The number of nitriles is 1. The van der Waals surface area contributed by atoms with Gasteiger partial charge in [-0.2, -0.15) is 18.4 Å². The van der Waals surface area contributed by atoms with E-state index in [-0.39, 0.29) is 68.7 Å². The quantitative estimate of drug-likeness (QED) is 0.286. The number of carbonyl (C=O) groups excluding carboxylic acids is 2. The van der Waals surface area contributed by atoms with E-state index in [9.17, 15) is 37.9 Å². The van der Waals surface area contributed by atoms with Gasteiger partial charge in [-0.1, -0.05) is 43.1 Å². The monoisotopic (exact) mass is 658 g/mol. The van der Waals surface area contributed by atoms with Crippen molar-refractivity contribution in [1.29, 1.82) is 5.26 Å². The number of halogens is 5. The van der Waals surface area contributed by atoms with E-state index >= 15 is 0 Å². The minimum absolute atomic E-state index is 0.000244. The SMILES string of the molecule is CCC(C)C(=O)N1C=CC(C(=O)N(C)Cc2cc(Cl)cc(-c3cc(-c4cc(C(F)(F)F)ccc4Cl)c(C#N)c(=O)[nH]3)c2O)=CC1. The van der Waals surface area contributed by atoms with E-state index in [1.54, 1.807) is 18.3 Å². The lowest BCUT2D eigenvalue weighted by molar-refractivity contribution is -0.137. The zero-order valence-corrected chi connectivity index (χ0v) is 25.8. The van der Waals surface area contributed by atoms with Crippen LogP contribution in [0.25, 0.3) is 22.4 Å². The first-order chi connectivity index (χ1) is 21.2. The van der Waals surface area contributed by atoms with E-state index in [1.165, 1.54) is 41.1 Å². The number of aromatic amines is 1. The standard InChI is InChI=1S/C32H27Cl2F3N4O4/c1-4-17(2)30(44)41-9-7-18(8-10-41)31(45)40(3)16-19-11-21(33)13-24(28(19)42)27-14-22(25(15-38)29(43)39-27)23-12-20(32(35,36)37)5-6-26(23)34/h5-9,11-14,17,42H,4,10,16H2,1-3H3,(H,39,43). The Kier molecular flexibility index (Phi) is 9.80. The van der Waals surface area contributed by atoms with Crippen molar-refractivity contribution in [2.24, 2.45) is 5.92 Å². The Morgan fingerprint density at radius 2 is 1.87 bits per heavy atom. The number of phenols is 1. The number of alkyl halides is 3. The fourth-order valence-corrected chi connectivity index (χ4v) is 5.20. The third-order valence-corrected chi connectivity index (χ3v) is 7.98. The lowest BCUT2D eigenvalue weighted by atomic mass is 9.96. The summed E-state index contributed by atoms with van der Waals surface area (Å²) in [6, 6.07) is 8.21. The van der Waals surface area contributed by atoms with Gasteiger partial charge in [0.1, 0.15) is 17.4 Å². The van der Waals surface area contributed by atoms with Crippen LogP contribution in [-0.2, 0) is 22.3 Å². The number of aromatic nitrogens is 1. The maximum atomic E-state index is 13.5. The lowest BCUT2D eigenvalue weighted by Crippen LogP contribution is -2.34. The summed E-state index contributed by atoms with van der Waals surface area (Å²) in [5.41, 5.74) is -2.35. The van der Waals surface area contributed by atoms with Crippen molar-refractivity contribution in [1.82, 2.24) is 14.8 Å². The van der Waals surface area contributed by atoms with Crippen molar-refractivity contribution in [3.63, 3.8) is 0 Å². The van der Waals surface area contributed by atoms with Crippen molar-refractivity contribution < 1.29 is 27.9 Å². The van der Waals surface area contributed by atoms with Gasteiger partial charge in [-0.05, 0) is 48.9 Å². The normalized spacial score (nSPS) is 13.7. The zero-order valence-electron chi connectivity index (χ0n) is 24.3. The predicted octanol–water partition coefficient (Wildman–Crippen LogP) is 6.90. The molecule has 0 aliphatic carbocycles. The van der Waals surface area contributed by atoms with E-state index in [4.69, 9.17) is 23.2 Å². The van der Waals surface area contributed by atoms with Crippen LogP contribution in [0.15, 0.2) is 65.1 Å². The second kappa shape index (κ2) is 13.2. The highest BCUT2D eigenvalue weighted by Crippen LogP contribution is 2.40. The van der Waals surface area contributed by atoms with Crippen molar-refractivity contribution in [2.75, 3.05) is 13.6 Å². The summed E-state index contributed by atoms with van der Waals surface area (Å²) in [5.74, 6) is -0.970. The molecule has 2 heterocycles. The van der Waals surface area contributed by atoms with E-state index in [2.05, 4.69) is 4.98 Å². The molecule has 1 aliphatic heterocycles. The van der Waals surface area contributed by atoms with Gasteiger partial charge in [0, 0.05) is 70.1 Å². The molecule has 45 heavy (non-hydrogen) atoms. The Morgan fingerprint density at radius 1 is 1.16 bits per heavy atom. The van der Waals surface area contributed by atoms with E-state index in [1.807, 2.05) is 13.8 Å². The molecule has 2 aromatic carbocycles. The van der Waals surface area contributed by atoms with E-state index < -0.39 is 28.8 Å². The topological polar surface area (TPSA) is 117 Å². The molecule has 0 bridgehead atoms. The fourth-order valence-electron chi connectivity index (χ4n) is 4.74. The van der Waals surface area contributed by atoms with E-state index in [0.29, 0.717) is 12.0 Å². The predicted molar refractivity (Wildman–Crippen MR) is 164 cm³/mol. The third-order valence-electron chi connectivity index (χ3n) is 7.43. The van der Waals surface area contributed by atoms with Crippen LogP contribution in [0.1, 0.15) is 37.0 Å². The second-order valence-electron chi connectivity index (χ2n) is 10.5. The molecule has 0 saturated heterocycles. The number of carbonyl (C=O) groups is 2. The summed E-state index contributed by atoms with van der Waals surface area (Å²) < 4.78 is 40.4. The summed E-state index contributed by atoms with van der Waals surface area (Å²) in [4.78, 5) is 43.9. The van der Waals surface area contributed by atoms with Crippen molar-refractivity contribution in [3.8, 4) is 34.2 Å². The molecule has 13 heteroatoms. The van der Waals surface area contributed by atoms with Crippen LogP contribution in [0.3, 0.4) is 0 Å². The van der Waals surface area contributed by atoms with Crippen LogP contribution < -0.4 is 5.56 Å². The number of pyridine rings is 1. The fraction of sp³-hybridized carbons (Fsp3) is 0.250. The zero-order chi connectivity index (χ0) is 33.2. The number of rotatable bonds is 7. The number of aromatic hydroxyl groups is 1. The number of benzene rings is 2. The molecule has 2 amide bonds. The first kappa shape index (κ1) is 33.4. The number of hydrogen-bond acceptors (Lipinski definition) is 5. The first-order valence-electron chi connectivity index (χ1n) is 13.7. The van der Waals surface area contributed by atoms with Crippen molar-refractivity contribution >= 4 is 35.0 Å². The Hall–Kier alpha value is -4.53. The Morgan fingerprint density at radius 3 is 2.47 bits per heavy atom. The summed E-state index contributed by atoms with van der Waals surface area (Å²) in [5, 5.41) is 20.9. The Labute approximate surface area is 266 Å². The number of amides is 2. The number of H-pyrrole nitrogens is 1. The molecule has 3 aromatic rings. The van der Waals surface area contributed by atoms with Gasteiger partial charge in [-0.25, -0.2) is 0 Å². The molecule has 234 valence electrons. The van der Waals surface area contributed by atoms with Gasteiger partial charge < -0.3 is 19.9 Å². The minimum atomic E-state index is -4.71. The number of likely N-dealkylation sites (N-methyl/N-ethyl adjacent to an activating group) is 1. The van der Waals surface area contributed by atoms with Gasteiger partial charge in [0.2, 0.25) is 5.91 Å². The van der Waals surface area contributed by atoms with Crippen LogP contribution in [-0.4, -0.2) is 45.3 Å².